The Balaban J connectivity index is 1.59. The van der Waals surface area contributed by atoms with Crippen LogP contribution in [0, 0.1) is 37.5 Å². The Hall–Kier alpha value is -4.50. The molecule has 0 aromatic heterocycles. The molecule has 0 aliphatic carbocycles. The fraction of sp³-hybridized carbons (Fsp3) is 0.125. The van der Waals surface area contributed by atoms with Crippen LogP contribution < -0.4 is 8.61 Å². The largest absolute Gasteiger partial charge is 0.265 e. The van der Waals surface area contributed by atoms with E-state index in [-0.39, 0.29) is 22.9 Å². The van der Waals surface area contributed by atoms with Crippen LogP contribution in [0.5, 0.6) is 0 Å². The highest BCUT2D eigenvalue weighted by molar-refractivity contribution is 7.93. The molecule has 4 rings (SSSR count). The van der Waals surface area contributed by atoms with Crippen LogP contribution >= 0.6 is 0 Å². The predicted molar refractivity (Wildman–Crippen MR) is 160 cm³/mol. The first kappa shape index (κ1) is 28.5. The van der Waals surface area contributed by atoms with Crippen LogP contribution in [0.2, 0.25) is 0 Å². The molecule has 4 aromatic carbocycles. The SMILES string of the molecule is Cc1ccc(N(CC#CC#CCN(c2ccc(C)cc2)S(=O)(=O)c2ccccc2)S(=O)(=O)c2ccccc2)cc1. The predicted octanol–water partition coefficient (Wildman–Crippen LogP) is 5.40. The van der Waals surface area contributed by atoms with Crippen molar-refractivity contribution in [2.45, 2.75) is 23.6 Å². The van der Waals surface area contributed by atoms with Crippen LogP contribution in [-0.2, 0) is 20.0 Å². The van der Waals surface area contributed by atoms with E-state index in [2.05, 4.69) is 23.7 Å². The van der Waals surface area contributed by atoms with Crippen LogP contribution in [0.1, 0.15) is 11.1 Å². The summed E-state index contributed by atoms with van der Waals surface area (Å²) in [5, 5.41) is 0. The van der Waals surface area contributed by atoms with E-state index in [0.717, 1.165) is 11.1 Å². The lowest BCUT2D eigenvalue weighted by Gasteiger charge is -2.22. The highest BCUT2D eigenvalue weighted by atomic mass is 32.2. The van der Waals surface area contributed by atoms with Crippen LogP contribution in [0.15, 0.2) is 119 Å². The van der Waals surface area contributed by atoms with Gasteiger partial charge in [-0.25, -0.2) is 16.8 Å². The summed E-state index contributed by atoms with van der Waals surface area (Å²) in [5.41, 5.74) is 2.97. The van der Waals surface area contributed by atoms with Gasteiger partial charge in [0.1, 0.15) is 0 Å². The number of aryl methyl sites for hydroxylation is 2. The first-order valence-corrected chi connectivity index (χ1v) is 15.3. The maximum absolute atomic E-state index is 13.4. The van der Waals surface area contributed by atoms with Crippen molar-refractivity contribution in [3.8, 4) is 23.7 Å². The summed E-state index contributed by atoms with van der Waals surface area (Å²) in [6.07, 6.45) is 0. The van der Waals surface area contributed by atoms with Crippen LogP contribution in [0.3, 0.4) is 0 Å². The smallest absolute Gasteiger partial charge is 0.254 e. The number of rotatable bonds is 8. The quantitative estimate of drug-likeness (QED) is 0.267. The van der Waals surface area contributed by atoms with Gasteiger partial charge in [-0.15, -0.1) is 0 Å². The average Bonchev–Trinajstić information content (AvgIpc) is 2.96. The molecular formula is C32H28N2O4S2. The Bertz CT molecular complexity index is 1640. The summed E-state index contributed by atoms with van der Waals surface area (Å²) >= 11 is 0. The molecular weight excluding hydrogens is 540 g/mol. The molecule has 202 valence electrons. The summed E-state index contributed by atoms with van der Waals surface area (Å²) in [6, 6.07) is 30.6. The molecule has 0 spiro atoms. The minimum absolute atomic E-state index is 0.126. The normalized spacial score (nSPS) is 10.9. The van der Waals surface area contributed by atoms with Crippen LogP contribution in [0.25, 0.3) is 0 Å². The second-order valence-corrected chi connectivity index (χ2v) is 12.6. The zero-order valence-electron chi connectivity index (χ0n) is 22.2. The molecule has 0 bridgehead atoms. The number of benzene rings is 4. The van der Waals surface area contributed by atoms with Crippen molar-refractivity contribution in [3.05, 3.63) is 120 Å². The van der Waals surface area contributed by atoms with Crippen LogP contribution in [-0.4, -0.2) is 29.9 Å². The van der Waals surface area contributed by atoms with E-state index in [1.807, 2.05) is 38.1 Å². The Kier molecular flexibility index (Phi) is 8.96. The van der Waals surface area contributed by atoms with Gasteiger partial charge in [0.25, 0.3) is 20.0 Å². The molecule has 0 heterocycles. The van der Waals surface area contributed by atoms with Gasteiger partial charge in [0.15, 0.2) is 0 Å². The van der Waals surface area contributed by atoms with E-state index in [9.17, 15) is 16.8 Å². The standard InChI is InChI=1S/C32H28N2O4S2/c1-27-17-21-29(22-18-27)33(39(35,36)31-13-7-5-8-14-31)25-11-3-4-12-26-34(30-23-19-28(2)20-24-30)40(37,38)32-15-9-6-10-16-32/h5-10,13-24H,25-26H2,1-2H3. The van der Waals surface area contributed by atoms with Crippen molar-refractivity contribution in [3.63, 3.8) is 0 Å². The lowest BCUT2D eigenvalue weighted by atomic mass is 10.2. The van der Waals surface area contributed by atoms with Crippen molar-refractivity contribution >= 4 is 31.4 Å². The van der Waals surface area contributed by atoms with Gasteiger partial charge in [-0.1, -0.05) is 83.6 Å². The molecule has 0 atom stereocenters. The molecule has 0 saturated heterocycles. The third-order valence-electron chi connectivity index (χ3n) is 5.99. The first-order chi connectivity index (χ1) is 19.2. The lowest BCUT2D eigenvalue weighted by molar-refractivity contribution is 0.591. The maximum atomic E-state index is 13.4. The fourth-order valence-electron chi connectivity index (χ4n) is 3.80. The first-order valence-electron chi connectivity index (χ1n) is 12.4. The summed E-state index contributed by atoms with van der Waals surface area (Å²) in [5.74, 6) is 11.0. The van der Waals surface area contributed by atoms with Gasteiger partial charge in [-0.05, 0) is 74.2 Å². The van der Waals surface area contributed by atoms with E-state index in [1.54, 1.807) is 60.7 Å². The van der Waals surface area contributed by atoms with Crippen molar-refractivity contribution in [1.82, 2.24) is 0 Å². The minimum atomic E-state index is -3.87. The Labute approximate surface area is 237 Å². The summed E-state index contributed by atoms with van der Waals surface area (Å²) in [4.78, 5) is 0.312. The minimum Gasteiger partial charge on any atom is -0.254 e. The molecule has 0 aliphatic heterocycles. The van der Waals surface area contributed by atoms with Crippen molar-refractivity contribution in [2.75, 3.05) is 21.7 Å². The maximum Gasteiger partial charge on any atom is 0.265 e. The van der Waals surface area contributed by atoms with E-state index in [1.165, 1.54) is 32.9 Å². The van der Waals surface area contributed by atoms with Crippen molar-refractivity contribution in [2.24, 2.45) is 0 Å². The molecule has 8 heteroatoms. The zero-order valence-corrected chi connectivity index (χ0v) is 23.8. The number of hydrogen-bond acceptors (Lipinski definition) is 4. The summed E-state index contributed by atoms with van der Waals surface area (Å²) in [6.45, 7) is 3.60. The molecule has 6 nitrogen and oxygen atoms in total. The van der Waals surface area contributed by atoms with Gasteiger partial charge in [-0.3, -0.25) is 8.61 Å². The monoisotopic (exact) mass is 568 g/mol. The van der Waals surface area contributed by atoms with Gasteiger partial charge in [0, 0.05) is 0 Å². The molecule has 0 aliphatic rings. The molecule has 0 fully saturated rings. The van der Waals surface area contributed by atoms with Gasteiger partial charge >= 0.3 is 0 Å². The molecule has 0 saturated carbocycles. The molecule has 0 N–H and O–H groups in total. The van der Waals surface area contributed by atoms with E-state index in [4.69, 9.17) is 0 Å². The van der Waals surface area contributed by atoms with Crippen LogP contribution in [0.4, 0.5) is 11.4 Å². The van der Waals surface area contributed by atoms with E-state index < -0.39 is 20.0 Å². The third kappa shape index (κ3) is 6.73. The molecule has 0 radical (unpaired) electrons. The Morgan fingerprint density at radius 2 is 0.825 bits per heavy atom. The van der Waals surface area contributed by atoms with Gasteiger partial charge < -0.3 is 0 Å². The van der Waals surface area contributed by atoms with Crippen molar-refractivity contribution in [1.29, 1.82) is 0 Å². The topological polar surface area (TPSA) is 74.8 Å². The molecule has 4 aromatic rings. The summed E-state index contributed by atoms with van der Waals surface area (Å²) < 4.78 is 56.1. The fourth-order valence-corrected chi connectivity index (χ4v) is 6.58. The highest BCUT2D eigenvalue weighted by Gasteiger charge is 2.25. The number of sulfonamides is 2. The zero-order chi connectivity index (χ0) is 28.6. The Morgan fingerprint density at radius 3 is 1.15 bits per heavy atom. The summed E-state index contributed by atoms with van der Waals surface area (Å²) in [7, 11) is -7.74. The van der Waals surface area contributed by atoms with E-state index in [0.29, 0.717) is 11.4 Å². The molecule has 0 unspecified atom stereocenters. The van der Waals surface area contributed by atoms with Gasteiger partial charge in [0.2, 0.25) is 0 Å². The van der Waals surface area contributed by atoms with Gasteiger partial charge in [0.05, 0.1) is 34.3 Å². The highest BCUT2D eigenvalue weighted by Crippen LogP contribution is 2.25. The number of anilines is 2. The second-order valence-electron chi connectivity index (χ2n) is 8.92. The molecule has 40 heavy (non-hydrogen) atoms. The second kappa shape index (κ2) is 12.6. The average molecular weight is 569 g/mol. The third-order valence-corrected chi connectivity index (χ3v) is 9.57. The molecule has 0 amide bonds. The number of nitrogens with zero attached hydrogens (tertiary/aromatic N) is 2. The number of hydrogen-bond donors (Lipinski definition) is 0. The Morgan fingerprint density at radius 1 is 0.500 bits per heavy atom. The lowest BCUT2D eigenvalue weighted by Crippen LogP contribution is -2.31. The van der Waals surface area contributed by atoms with Crippen molar-refractivity contribution < 1.29 is 16.8 Å². The van der Waals surface area contributed by atoms with Gasteiger partial charge in [-0.2, -0.15) is 0 Å². The van der Waals surface area contributed by atoms with E-state index >= 15 is 0 Å².